The van der Waals surface area contributed by atoms with Gasteiger partial charge in [-0.25, -0.2) is 0 Å². The fourth-order valence-electron chi connectivity index (χ4n) is 3.11. The summed E-state index contributed by atoms with van der Waals surface area (Å²) < 4.78 is 11.0. The number of carbonyl (C=O) groups is 1. The van der Waals surface area contributed by atoms with Gasteiger partial charge in [0.2, 0.25) is 0 Å². The van der Waals surface area contributed by atoms with E-state index in [1.165, 1.54) is 5.56 Å². The highest BCUT2D eigenvalue weighted by Crippen LogP contribution is 2.27. The van der Waals surface area contributed by atoms with Crippen LogP contribution in [0.4, 0.5) is 5.69 Å². The van der Waals surface area contributed by atoms with Crippen molar-refractivity contribution < 1.29 is 13.9 Å². The molecule has 0 unspecified atom stereocenters. The molecule has 4 nitrogen and oxygen atoms in total. The monoisotopic (exact) mass is 401 g/mol. The van der Waals surface area contributed by atoms with Gasteiger partial charge in [-0.2, -0.15) is 11.8 Å². The molecule has 6 heteroatoms. The Kier molecular flexibility index (Phi) is 5.72. The van der Waals surface area contributed by atoms with Crippen molar-refractivity contribution in [2.75, 3.05) is 18.5 Å². The zero-order valence-electron chi connectivity index (χ0n) is 14.7. The minimum Gasteiger partial charge on any atom is -0.451 e. The summed E-state index contributed by atoms with van der Waals surface area (Å²) >= 11 is 7.94. The van der Waals surface area contributed by atoms with Gasteiger partial charge in [-0.1, -0.05) is 23.7 Å². The molecule has 4 rings (SSSR count). The summed E-state index contributed by atoms with van der Waals surface area (Å²) in [6, 6.07) is 15.0. The predicted octanol–water partition coefficient (Wildman–Crippen LogP) is 5.75. The number of fused-ring (bicyclic) bond motifs is 1. The number of hydrogen-bond acceptors (Lipinski definition) is 4. The van der Waals surface area contributed by atoms with Crippen LogP contribution >= 0.6 is 23.4 Å². The summed E-state index contributed by atoms with van der Waals surface area (Å²) in [5.74, 6) is 0.933. The van der Waals surface area contributed by atoms with E-state index in [-0.39, 0.29) is 11.7 Å². The van der Waals surface area contributed by atoms with Crippen molar-refractivity contribution in [1.82, 2.24) is 0 Å². The highest BCUT2D eigenvalue weighted by molar-refractivity contribution is 7.99. The van der Waals surface area contributed by atoms with Gasteiger partial charge in [0.15, 0.2) is 5.76 Å². The topological polar surface area (TPSA) is 51.5 Å². The third kappa shape index (κ3) is 4.67. The molecule has 0 saturated carbocycles. The molecule has 1 N–H and O–H groups in total. The smallest absolute Gasteiger partial charge is 0.291 e. The quantitative estimate of drug-likeness (QED) is 0.591. The summed E-state index contributed by atoms with van der Waals surface area (Å²) in [6.45, 7) is 1.72. The molecule has 2 aromatic carbocycles. The fourth-order valence-corrected chi connectivity index (χ4v) is 4.43. The van der Waals surface area contributed by atoms with E-state index in [1.54, 1.807) is 24.3 Å². The van der Waals surface area contributed by atoms with E-state index in [0.29, 0.717) is 15.9 Å². The van der Waals surface area contributed by atoms with E-state index in [2.05, 4.69) is 11.4 Å². The second kappa shape index (κ2) is 8.38. The van der Waals surface area contributed by atoms with E-state index in [9.17, 15) is 4.79 Å². The Morgan fingerprint density at radius 2 is 2.00 bits per heavy atom. The highest BCUT2D eigenvalue weighted by Gasteiger charge is 2.15. The van der Waals surface area contributed by atoms with E-state index in [0.717, 1.165) is 42.9 Å². The molecule has 1 aliphatic rings. The van der Waals surface area contributed by atoms with Gasteiger partial charge < -0.3 is 14.5 Å². The summed E-state index contributed by atoms with van der Waals surface area (Å²) in [5, 5.41) is 5.00. The van der Waals surface area contributed by atoms with Gasteiger partial charge in [0, 0.05) is 40.3 Å². The number of rotatable bonds is 5. The van der Waals surface area contributed by atoms with E-state index in [1.807, 2.05) is 30.0 Å². The first-order valence-corrected chi connectivity index (χ1v) is 10.4. The van der Waals surface area contributed by atoms with Crippen molar-refractivity contribution >= 4 is 45.9 Å². The first kappa shape index (κ1) is 18.4. The first-order valence-electron chi connectivity index (χ1n) is 8.96. The maximum Gasteiger partial charge on any atom is 0.291 e. The molecule has 140 valence electrons. The standard InChI is InChI=1S/C21H20ClNO3S/c22-16-4-5-19-15(11-16)12-20(26-19)21(24)23-17-3-1-2-14(10-17)13-27-18-6-8-25-9-7-18/h1-5,10-12,18H,6-9,13H2,(H,23,24). The number of hydrogen-bond donors (Lipinski definition) is 1. The number of benzene rings is 2. The second-order valence-corrected chi connectivity index (χ2v) is 8.30. The van der Waals surface area contributed by atoms with Crippen LogP contribution in [-0.2, 0) is 10.5 Å². The normalized spacial score (nSPS) is 15.1. The highest BCUT2D eigenvalue weighted by atomic mass is 35.5. The number of nitrogens with one attached hydrogen (secondary N) is 1. The van der Waals surface area contributed by atoms with Crippen LogP contribution in [0.15, 0.2) is 52.9 Å². The zero-order valence-corrected chi connectivity index (χ0v) is 16.3. The molecule has 1 amide bonds. The second-order valence-electron chi connectivity index (χ2n) is 6.57. The zero-order chi connectivity index (χ0) is 18.6. The molecule has 0 atom stereocenters. The maximum atomic E-state index is 12.5. The summed E-state index contributed by atoms with van der Waals surface area (Å²) in [5.41, 5.74) is 2.61. The number of thioether (sulfide) groups is 1. The number of ether oxygens (including phenoxy) is 1. The summed E-state index contributed by atoms with van der Waals surface area (Å²) in [6.07, 6.45) is 2.22. The van der Waals surface area contributed by atoms with Crippen LogP contribution in [0, 0.1) is 0 Å². The van der Waals surface area contributed by atoms with Crippen molar-refractivity contribution in [3.63, 3.8) is 0 Å². The Bertz CT molecular complexity index is 950. The number of anilines is 1. The molecule has 0 radical (unpaired) electrons. The predicted molar refractivity (Wildman–Crippen MR) is 111 cm³/mol. The van der Waals surface area contributed by atoms with Crippen LogP contribution in [0.25, 0.3) is 11.0 Å². The van der Waals surface area contributed by atoms with Crippen LogP contribution < -0.4 is 5.32 Å². The van der Waals surface area contributed by atoms with Crippen LogP contribution in [0.3, 0.4) is 0 Å². The molecule has 1 fully saturated rings. The van der Waals surface area contributed by atoms with Gasteiger partial charge >= 0.3 is 0 Å². The molecule has 1 aliphatic heterocycles. The van der Waals surface area contributed by atoms with Crippen LogP contribution in [0.1, 0.15) is 29.0 Å². The van der Waals surface area contributed by atoms with Crippen molar-refractivity contribution in [2.24, 2.45) is 0 Å². The Morgan fingerprint density at radius 3 is 2.85 bits per heavy atom. The average Bonchev–Trinajstić information content (AvgIpc) is 3.11. The molecule has 1 aromatic heterocycles. The minimum absolute atomic E-state index is 0.267. The van der Waals surface area contributed by atoms with E-state index in [4.69, 9.17) is 20.8 Å². The Balaban J connectivity index is 1.41. The Hall–Kier alpha value is -1.95. The Labute approximate surface area is 167 Å². The minimum atomic E-state index is -0.267. The molecule has 0 aliphatic carbocycles. The lowest BCUT2D eigenvalue weighted by molar-refractivity contribution is 0.0996. The lowest BCUT2D eigenvalue weighted by atomic mass is 10.2. The summed E-state index contributed by atoms with van der Waals surface area (Å²) in [7, 11) is 0. The SMILES string of the molecule is O=C(Nc1cccc(CSC2CCOCC2)c1)c1cc2cc(Cl)ccc2o1. The van der Waals surface area contributed by atoms with E-state index >= 15 is 0 Å². The number of furan rings is 1. The first-order chi connectivity index (χ1) is 13.2. The van der Waals surface area contributed by atoms with Gasteiger partial charge in [0.1, 0.15) is 5.58 Å². The lowest BCUT2D eigenvalue weighted by Crippen LogP contribution is -2.17. The van der Waals surface area contributed by atoms with Crippen LogP contribution in [-0.4, -0.2) is 24.4 Å². The third-order valence-corrected chi connectivity index (χ3v) is 6.22. The number of halogens is 1. The molecule has 1 saturated heterocycles. The van der Waals surface area contributed by atoms with Crippen LogP contribution in [0.5, 0.6) is 0 Å². The molecule has 0 spiro atoms. The van der Waals surface area contributed by atoms with E-state index < -0.39 is 0 Å². The van der Waals surface area contributed by atoms with Crippen molar-refractivity contribution in [2.45, 2.75) is 23.8 Å². The van der Waals surface area contributed by atoms with Crippen molar-refractivity contribution in [1.29, 1.82) is 0 Å². The van der Waals surface area contributed by atoms with Crippen molar-refractivity contribution in [3.05, 3.63) is 64.9 Å². The Morgan fingerprint density at radius 1 is 1.15 bits per heavy atom. The largest absolute Gasteiger partial charge is 0.451 e. The molecule has 27 heavy (non-hydrogen) atoms. The number of carbonyl (C=O) groups excluding carboxylic acids is 1. The van der Waals surface area contributed by atoms with Gasteiger partial charge in [0.25, 0.3) is 5.91 Å². The van der Waals surface area contributed by atoms with Gasteiger partial charge in [-0.15, -0.1) is 0 Å². The lowest BCUT2D eigenvalue weighted by Gasteiger charge is -2.21. The maximum absolute atomic E-state index is 12.5. The fraction of sp³-hybridized carbons (Fsp3) is 0.286. The van der Waals surface area contributed by atoms with Crippen molar-refractivity contribution in [3.8, 4) is 0 Å². The molecule has 2 heterocycles. The third-order valence-electron chi connectivity index (χ3n) is 4.54. The average molecular weight is 402 g/mol. The van der Waals surface area contributed by atoms with Crippen LogP contribution in [0.2, 0.25) is 5.02 Å². The van der Waals surface area contributed by atoms with Gasteiger partial charge in [-0.05, 0) is 54.8 Å². The molecule has 3 aromatic rings. The molecular formula is C21H20ClNO3S. The van der Waals surface area contributed by atoms with Gasteiger partial charge in [0.05, 0.1) is 0 Å². The molecule has 0 bridgehead atoms. The van der Waals surface area contributed by atoms with Gasteiger partial charge in [-0.3, -0.25) is 4.79 Å². The summed E-state index contributed by atoms with van der Waals surface area (Å²) in [4.78, 5) is 12.5. The number of amides is 1. The molecular weight excluding hydrogens is 382 g/mol.